The number of benzene rings is 1. The van der Waals surface area contributed by atoms with E-state index in [0.29, 0.717) is 18.4 Å². The molecule has 1 aromatic carbocycles. The number of rotatable bonds is 6. The molecular weight excluding hydrogens is 397 g/mol. The average Bonchev–Trinajstić information content (AvgIpc) is 3.00. The van der Waals surface area contributed by atoms with Crippen molar-refractivity contribution in [3.8, 4) is 0 Å². The van der Waals surface area contributed by atoms with Gasteiger partial charge >= 0.3 is 5.97 Å². The van der Waals surface area contributed by atoms with Gasteiger partial charge in [-0.15, -0.1) is 12.4 Å². The van der Waals surface area contributed by atoms with Gasteiger partial charge < -0.3 is 15.5 Å². The number of hydrogen-bond donors (Lipinski definition) is 2. The molecule has 0 saturated heterocycles. The lowest BCUT2D eigenvalue weighted by atomic mass is 10.1. The van der Waals surface area contributed by atoms with E-state index in [2.05, 4.69) is 9.97 Å². The van der Waals surface area contributed by atoms with Gasteiger partial charge in [0.15, 0.2) is 0 Å². The van der Waals surface area contributed by atoms with Crippen LogP contribution in [0.3, 0.4) is 0 Å². The molecule has 8 heteroatoms. The summed E-state index contributed by atoms with van der Waals surface area (Å²) in [6, 6.07) is 10.5. The molecule has 2 heterocycles. The molecule has 2 aromatic heterocycles. The second-order valence-corrected chi connectivity index (χ2v) is 6.51. The number of carbonyl (C=O) groups excluding carboxylic acids is 1. The number of esters is 1. The lowest BCUT2D eigenvalue weighted by Crippen LogP contribution is -2.32. The number of nitrogens with zero attached hydrogens (tertiary/aromatic N) is 1. The molecule has 0 aliphatic heterocycles. The Hall–Kier alpha value is -1.79. The third-order valence-corrected chi connectivity index (χ3v) is 4.29. The molecular formula is C18H18Cl3N3O2. The lowest BCUT2D eigenvalue weighted by Gasteiger charge is -2.11. The third kappa shape index (κ3) is 5.11. The van der Waals surface area contributed by atoms with Crippen molar-refractivity contribution in [2.24, 2.45) is 5.73 Å². The standard InChI is InChI=1S/C18H17Cl2N3O2.ClH/c19-16-7-11(8-17(20)23-16)10-25-18(24)14(21)6-5-12-9-22-15-4-2-1-3-13(12)15;/h1-4,7-9,14,22H,5-6,10,21H2;1H/t14-;/m0./s1. The number of halogens is 3. The Kier molecular flexibility index (Phi) is 7.29. The van der Waals surface area contributed by atoms with Gasteiger partial charge in [-0.05, 0) is 42.2 Å². The van der Waals surface area contributed by atoms with Gasteiger partial charge in [0, 0.05) is 17.1 Å². The maximum Gasteiger partial charge on any atom is 0.323 e. The van der Waals surface area contributed by atoms with E-state index in [0.717, 1.165) is 16.5 Å². The summed E-state index contributed by atoms with van der Waals surface area (Å²) in [4.78, 5) is 19.1. The highest BCUT2D eigenvalue weighted by Gasteiger charge is 2.16. The summed E-state index contributed by atoms with van der Waals surface area (Å²) in [7, 11) is 0. The van der Waals surface area contributed by atoms with E-state index in [9.17, 15) is 4.79 Å². The van der Waals surface area contributed by atoms with Crippen molar-refractivity contribution in [3.63, 3.8) is 0 Å². The molecule has 0 bridgehead atoms. The Morgan fingerprint density at radius 1 is 1.23 bits per heavy atom. The Bertz CT molecular complexity index is 878. The van der Waals surface area contributed by atoms with Gasteiger partial charge in [0.2, 0.25) is 0 Å². The summed E-state index contributed by atoms with van der Waals surface area (Å²) in [6.07, 6.45) is 3.13. The van der Waals surface area contributed by atoms with Crippen LogP contribution in [0.4, 0.5) is 0 Å². The highest BCUT2D eigenvalue weighted by molar-refractivity contribution is 6.32. The van der Waals surface area contributed by atoms with Gasteiger partial charge in [-0.3, -0.25) is 4.79 Å². The Morgan fingerprint density at radius 3 is 2.65 bits per heavy atom. The minimum absolute atomic E-state index is 0. The van der Waals surface area contributed by atoms with Crippen LogP contribution in [0.5, 0.6) is 0 Å². The van der Waals surface area contributed by atoms with Crippen molar-refractivity contribution in [2.75, 3.05) is 0 Å². The smallest absolute Gasteiger partial charge is 0.323 e. The number of carbonyl (C=O) groups is 1. The molecule has 0 saturated carbocycles. The Labute approximate surface area is 167 Å². The first kappa shape index (κ1) is 20.5. The van der Waals surface area contributed by atoms with Gasteiger partial charge in [-0.25, -0.2) is 4.98 Å². The zero-order valence-corrected chi connectivity index (χ0v) is 16.1. The van der Waals surface area contributed by atoms with Crippen LogP contribution in [0.2, 0.25) is 10.3 Å². The molecule has 26 heavy (non-hydrogen) atoms. The zero-order valence-electron chi connectivity index (χ0n) is 13.7. The predicted octanol–water partition coefficient (Wildman–Crippen LogP) is 4.29. The summed E-state index contributed by atoms with van der Waals surface area (Å²) in [5.41, 5.74) is 8.82. The first-order valence-electron chi connectivity index (χ1n) is 7.82. The monoisotopic (exact) mass is 413 g/mol. The van der Waals surface area contributed by atoms with Crippen LogP contribution >= 0.6 is 35.6 Å². The molecule has 0 amide bonds. The molecule has 0 aliphatic carbocycles. The number of aromatic amines is 1. The van der Waals surface area contributed by atoms with Crippen molar-refractivity contribution in [1.29, 1.82) is 0 Å². The number of nitrogens with one attached hydrogen (secondary N) is 1. The maximum absolute atomic E-state index is 12.1. The van der Waals surface area contributed by atoms with E-state index in [4.69, 9.17) is 33.7 Å². The van der Waals surface area contributed by atoms with Crippen LogP contribution in [-0.2, 0) is 22.6 Å². The SMILES string of the molecule is Cl.N[C@@H](CCc1c[nH]c2ccccc12)C(=O)OCc1cc(Cl)nc(Cl)c1. The number of fused-ring (bicyclic) bond motifs is 1. The zero-order chi connectivity index (χ0) is 17.8. The molecule has 0 spiro atoms. The summed E-state index contributed by atoms with van der Waals surface area (Å²) in [5.74, 6) is -0.455. The van der Waals surface area contributed by atoms with Crippen molar-refractivity contribution in [1.82, 2.24) is 9.97 Å². The molecule has 3 N–H and O–H groups in total. The van der Waals surface area contributed by atoms with Crippen LogP contribution in [0.15, 0.2) is 42.6 Å². The van der Waals surface area contributed by atoms with Crippen LogP contribution < -0.4 is 5.73 Å². The van der Waals surface area contributed by atoms with Gasteiger partial charge in [0.05, 0.1) is 0 Å². The van der Waals surface area contributed by atoms with Gasteiger partial charge in [0.1, 0.15) is 23.0 Å². The highest BCUT2D eigenvalue weighted by atomic mass is 35.5. The van der Waals surface area contributed by atoms with Gasteiger partial charge in [-0.2, -0.15) is 0 Å². The van der Waals surface area contributed by atoms with Crippen LogP contribution in [0.25, 0.3) is 10.9 Å². The topological polar surface area (TPSA) is 81.0 Å². The number of pyridine rings is 1. The van der Waals surface area contributed by atoms with Crippen molar-refractivity contribution in [2.45, 2.75) is 25.5 Å². The molecule has 3 aromatic rings. The maximum atomic E-state index is 12.1. The van der Waals surface area contributed by atoms with E-state index in [-0.39, 0.29) is 29.3 Å². The number of para-hydroxylation sites is 1. The van der Waals surface area contributed by atoms with E-state index >= 15 is 0 Å². The number of H-pyrrole nitrogens is 1. The first-order chi connectivity index (χ1) is 12.0. The number of nitrogens with two attached hydrogens (primary N) is 1. The fourth-order valence-electron chi connectivity index (χ4n) is 2.63. The summed E-state index contributed by atoms with van der Waals surface area (Å²) in [5, 5.41) is 1.65. The Balaban J connectivity index is 0.00000243. The molecule has 5 nitrogen and oxygen atoms in total. The van der Waals surface area contributed by atoms with E-state index < -0.39 is 12.0 Å². The number of ether oxygens (including phenoxy) is 1. The second kappa shape index (κ2) is 9.24. The Morgan fingerprint density at radius 2 is 1.92 bits per heavy atom. The summed E-state index contributed by atoms with van der Waals surface area (Å²) >= 11 is 11.6. The number of aryl methyl sites for hydroxylation is 1. The molecule has 0 fully saturated rings. The lowest BCUT2D eigenvalue weighted by molar-refractivity contribution is -0.146. The largest absolute Gasteiger partial charge is 0.460 e. The molecule has 0 aliphatic rings. The van der Waals surface area contributed by atoms with E-state index in [1.54, 1.807) is 12.1 Å². The summed E-state index contributed by atoms with van der Waals surface area (Å²) < 4.78 is 5.24. The van der Waals surface area contributed by atoms with Crippen LogP contribution in [0, 0.1) is 0 Å². The fourth-order valence-corrected chi connectivity index (χ4v) is 3.13. The van der Waals surface area contributed by atoms with Crippen molar-refractivity contribution < 1.29 is 9.53 Å². The predicted molar refractivity (Wildman–Crippen MR) is 106 cm³/mol. The third-order valence-electron chi connectivity index (χ3n) is 3.91. The molecule has 0 radical (unpaired) electrons. The molecule has 138 valence electrons. The minimum atomic E-state index is -0.693. The van der Waals surface area contributed by atoms with E-state index in [1.807, 2.05) is 30.5 Å². The fraction of sp³-hybridized carbons (Fsp3) is 0.222. The normalized spacial score (nSPS) is 11.8. The average molecular weight is 415 g/mol. The number of hydrogen-bond acceptors (Lipinski definition) is 4. The van der Waals surface area contributed by atoms with Gasteiger partial charge in [0.25, 0.3) is 0 Å². The molecule has 1 atom stereocenters. The van der Waals surface area contributed by atoms with Crippen LogP contribution in [-0.4, -0.2) is 22.0 Å². The highest BCUT2D eigenvalue weighted by Crippen LogP contribution is 2.20. The minimum Gasteiger partial charge on any atom is -0.460 e. The van der Waals surface area contributed by atoms with Crippen molar-refractivity contribution >= 4 is 52.5 Å². The quantitative estimate of drug-likeness (QED) is 0.465. The molecule has 0 unspecified atom stereocenters. The first-order valence-corrected chi connectivity index (χ1v) is 8.57. The molecule has 3 rings (SSSR count). The van der Waals surface area contributed by atoms with Crippen LogP contribution in [0.1, 0.15) is 17.5 Å². The second-order valence-electron chi connectivity index (χ2n) is 5.73. The summed E-state index contributed by atoms with van der Waals surface area (Å²) in [6.45, 7) is 0.0571. The van der Waals surface area contributed by atoms with Crippen molar-refractivity contribution in [3.05, 3.63) is 64.0 Å². The van der Waals surface area contributed by atoms with E-state index in [1.165, 1.54) is 0 Å². The number of aromatic nitrogens is 2. The van der Waals surface area contributed by atoms with Gasteiger partial charge in [-0.1, -0.05) is 41.4 Å².